The number of aliphatic hydroxyl groups is 1. The molecule has 2 N–H and O–H groups in total. The number of hydrogen-bond acceptors (Lipinski definition) is 9. The molecule has 0 saturated heterocycles. The summed E-state index contributed by atoms with van der Waals surface area (Å²) in [6.07, 6.45) is 15.1. The Bertz CT molecular complexity index is 749. The summed E-state index contributed by atoms with van der Waals surface area (Å²) in [6.45, 7) is 1.89. The number of carboxylic acids is 1. The molecule has 0 radical (unpaired) electrons. The zero-order chi connectivity index (χ0) is 26.5. The van der Waals surface area contributed by atoms with Crippen LogP contribution in [0.15, 0.2) is 12.2 Å². The van der Waals surface area contributed by atoms with Crippen LogP contribution in [0.5, 0.6) is 0 Å². The van der Waals surface area contributed by atoms with Crippen LogP contribution >= 0.6 is 0 Å². The topological polar surface area (TPSA) is 173 Å². The van der Waals surface area contributed by atoms with Crippen LogP contribution in [0.3, 0.4) is 0 Å². The minimum absolute atomic E-state index is 0. The third-order valence-corrected chi connectivity index (χ3v) is 6.45. The number of rotatable bonds is 22. The van der Waals surface area contributed by atoms with E-state index in [0.29, 0.717) is 12.8 Å². The van der Waals surface area contributed by atoms with E-state index in [0.717, 1.165) is 51.4 Å². The number of amides is 1. The minimum atomic E-state index is -5.23. The first-order valence-corrected chi connectivity index (χ1v) is 14.0. The van der Waals surface area contributed by atoms with Gasteiger partial charge in [0.25, 0.3) is 0 Å². The molecule has 204 valence electrons. The van der Waals surface area contributed by atoms with Crippen LogP contribution in [0.1, 0.15) is 96.8 Å². The summed E-state index contributed by atoms with van der Waals surface area (Å²) >= 11 is 0. The van der Waals surface area contributed by atoms with Gasteiger partial charge in [0.15, 0.2) is 0 Å². The number of ether oxygens (including phenoxy) is 1. The van der Waals surface area contributed by atoms with Gasteiger partial charge in [0.05, 0.1) is 30.3 Å². The first-order valence-electron chi connectivity index (χ1n) is 12.5. The second kappa shape index (κ2) is 26.3. The van der Waals surface area contributed by atoms with Crippen molar-refractivity contribution in [1.29, 1.82) is 0 Å². The van der Waals surface area contributed by atoms with Gasteiger partial charge in [0.2, 0.25) is 5.91 Å². The largest absolute Gasteiger partial charge is 1.00 e. The normalized spacial score (nSPS) is 12.7. The van der Waals surface area contributed by atoms with Crippen LogP contribution in [0.4, 0.5) is 0 Å². The maximum atomic E-state index is 11.8. The third-order valence-electron chi connectivity index (χ3n) is 5.39. The van der Waals surface area contributed by atoms with Crippen LogP contribution in [-0.4, -0.2) is 60.4 Å². The Kier molecular flexibility index (Phi) is 29.4. The van der Waals surface area contributed by atoms with Gasteiger partial charge in [-0.15, -0.1) is 0 Å². The van der Waals surface area contributed by atoms with Crippen LogP contribution in [0.25, 0.3) is 0 Å². The summed E-state index contributed by atoms with van der Waals surface area (Å²) in [7, 11) is -5.23. The SMILES string of the molecule is CCCCCCC(O)C/C=C/CCCCCCCC(=O)NCCOC(=O)CC(C(=O)[O-])S(=O)(=O)[O-].[Na+].[Na+]. The predicted molar refractivity (Wildman–Crippen MR) is 128 cm³/mol. The Morgan fingerprint density at radius 2 is 1.59 bits per heavy atom. The van der Waals surface area contributed by atoms with Crippen molar-refractivity contribution in [2.75, 3.05) is 13.2 Å². The van der Waals surface area contributed by atoms with Gasteiger partial charge < -0.3 is 29.6 Å². The smallest absolute Gasteiger partial charge is 0.747 e. The van der Waals surface area contributed by atoms with Crippen molar-refractivity contribution < 1.29 is 101 Å². The van der Waals surface area contributed by atoms with Crippen LogP contribution in [-0.2, 0) is 29.2 Å². The number of unbranched alkanes of at least 4 members (excludes halogenated alkanes) is 8. The average molecular weight is 566 g/mol. The van der Waals surface area contributed by atoms with Crippen LogP contribution in [0.2, 0.25) is 0 Å². The zero-order valence-corrected chi connectivity index (χ0v) is 27.6. The number of allylic oxidation sites excluding steroid dienone is 1. The molecule has 0 bridgehead atoms. The number of esters is 1. The van der Waals surface area contributed by atoms with Crippen molar-refractivity contribution in [3.8, 4) is 0 Å². The Morgan fingerprint density at radius 1 is 0.973 bits per heavy atom. The Hall–Kier alpha value is 0.0200. The molecule has 0 rings (SSSR count). The quantitative estimate of drug-likeness (QED) is 0.0433. The molecule has 0 aromatic heterocycles. The first-order chi connectivity index (χ1) is 16.6. The summed E-state index contributed by atoms with van der Waals surface area (Å²) < 4.78 is 36.9. The number of carbonyl (C=O) groups excluding carboxylic acids is 3. The van der Waals surface area contributed by atoms with E-state index in [4.69, 9.17) is 0 Å². The first kappa shape index (κ1) is 41.5. The molecule has 0 heterocycles. The Labute approximate surface area is 266 Å². The standard InChI is InChI=1S/C24H43NO9S.2Na/c1-2-3-4-11-14-20(26)15-12-9-7-5-6-8-10-13-16-22(27)25-17-18-34-23(28)19-21(24(29)30)35(31,32)33;;/h9,12,20-21,26H,2-8,10-11,13-19H2,1H3,(H,25,27)(H,29,30)(H,31,32,33);;/q;2*+1/p-2/b12-9+;;. The van der Waals surface area contributed by atoms with E-state index in [1.165, 1.54) is 19.3 Å². The fraction of sp³-hybridized carbons (Fsp3) is 0.792. The summed E-state index contributed by atoms with van der Waals surface area (Å²) in [5, 5.41) is 20.6. The molecule has 0 fully saturated rings. The summed E-state index contributed by atoms with van der Waals surface area (Å²) in [5.41, 5.74) is 0. The number of nitrogens with one attached hydrogen (secondary N) is 1. The molecule has 0 aliphatic carbocycles. The van der Waals surface area contributed by atoms with Gasteiger partial charge >= 0.3 is 65.1 Å². The molecule has 2 unspecified atom stereocenters. The van der Waals surface area contributed by atoms with Gasteiger partial charge in [-0.2, -0.15) is 0 Å². The molecular weight excluding hydrogens is 524 g/mol. The number of carbonyl (C=O) groups is 3. The van der Waals surface area contributed by atoms with E-state index < -0.39 is 33.7 Å². The third kappa shape index (κ3) is 26.0. The van der Waals surface area contributed by atoms with Gasteiger partial charge in [0, 0.05) is 6.42 Å². The monoisotopic (exact) mass is 565 g/mol. The van der Waals surface area contributed by atoms with Gasteiger partial charge in [-0.3, -0.25) is 9.59 Å². The second-order valence-corrected chi connectivity index (χ2v) is 10.1. The maximum absolute atomic E-state index is 11.8. The molecule has 0 saturated carbocycles. The summed E-state index contributed by atoms with van der Waals surface area (Å²) in [4.78, 5) is 33.8. The predicted octanol–water partition coefficient (Wildman–Crippen LogP) is -4.28. The van der Waals surface area contributed by atoms with Gasteiger partial charge in [0.1, 0.15) is 16.7 Å². The average Bonchev–Trinajstić information content (AvgIpc) is 2.78. The number of carboxylic acid groups (broad SMARTS) is 1. The van der Waals surface area contributed by atoms with E-state index in [1.807, 2.05) is 0 Å². The molecule has 0 aliphatic rings. The Morgan fingerprint density at radius 3 is 2.22 bits per heavy atom. The molecule has 2 atom stereocenters. The minimum Gasteiger partial charge on any atom is -0.747 e. The van der Waals surface area contributed by atoms with Crippen LogP contribution < -0.4 is 69.5 Å². The molecular formula is C24H41NNa2O9S. The van der Waals surface area contributed by atoms with Gasteiger partial charge in [-0.1, -0.05) is 64.0 Å². The summed E-state index contributed by atoms with van der Waals surface area (Å²) in [5.74, 6) is -3.56. The number of hydrogen-bond donors (Lipinski definition) is 2. The van der Waals surface area contributed by atoms with Crippen molar-refractivity contribution in [3.05, 3.63) is 12.2 Å². The van der Waals surface area contributed by atoms with Gasteiger partial charge in [-0.05, 0) is 32.1 Å². The maximum Gasteiger partial charge on any atom is 1.00 e. The molecule has 37 heavy (non-hydrogen) atoms. The molecule has 0 aromatic carbocycles. The van der Waals surface area contributed by atoms with Gasteiger partial charge in [-0.25, -0.2) is 8.42 Å². The fourth-order valence-electron chi connectivity index (χ4n) is 3.33. The zero-order valence-electron chi connectivity index (χ0n) is 22.7. The fourth-order valence-corrected chi connectivity index (χ4v) is 3.91. The van der Waals surface area contributed by atoms with Crippen molar-refractivity contribution in [1.82, 2.24) is 5.32 Å². The van der Waals surface area contributed by atoms with E-state index in [2.05, 4.69) is 29.1 Å². The van der Waals surface area contributed by atoms with E-state index in [-0.39, 0.29) is 84.3 Å². The van der Waals surface area contributed by atoms with Crippen molar-refractivity contribution in [2.45, 2.75) is 108 Å². The number of aliphatic hydroxyl groups excluding tert-OH is 1. The molecule has 0 aromatic rings. The second-order valence-electron chi connectivity index (χ2n) is 8.59. The molecule has 10 nitrogen and oxygen atoms in total. The van der Waals surface area contributed by atoms with Crippen molar-refractivity contribution in [3.63, 3.8) is 0 Å². The van der Waals surface area contributed by atoms with E-state index >= 15 is 0 Å². The molecule has 0 aliphatic heterocycles. The van der Waals surface area contributed by atoms with Crippen molar-refractivity contribution in [2.24, 2.45) is 0 Å². The van der Waals surface area contributed by atoms with Crippen molar-refractivity contribution >= 4 is 28.0 Å². The van der Waals surface area contributed by atoms with Crippen LogP contribution in [0, 0.1) is 0 Å². The van der Waals surface area contributed by atoms with E-state index in [9.17, 15) is 37.6 Å². The summed E-state index contributed by atoms with van der Waals surface area (Å²) in [6, 6.07) is 0. The molecule has 1 amide bonds. The molecule has 0 spiro atoms. The number of aliphatic carboxylic acids is 1. The van der Waals surface area contributed by atoms with E-state index in [1.54, 1.807) is 0 Å². The molecule has 13 heteroatoms. The Balaban J connectivity index is -0.00000578.